The van der Waals surface area contributed by atoms with Crippen LogP contribution in [-0.2, 0) is 19.1 Å². The van der Waals surface area contributed by atoms with E-state index in [2.05, 4.69) is 9.47 Å². The van der Waals surface area contributed by atoms with Crippen molar-refractivity contribution in [3.05, 3.63) is 0 Å². The van der Waals surface area contributed by atoms with Crippen LogP contribution in [-0.4, -0.2) is 36.4 Å². The van der Waals surface area contributed by atoms with E-state index in [1.165, 1.54) is 0 Å². The van der Waals surface area contributed by atoms with E-state index in [1.54, 1.807) is 19.3 Å². The van der Waals surface area contributed by atoms with Crippen LogP contribution >= 0.6 is 0 Å². The SMILES string of the molecule is CCOC(=O)CC(NO)C(=O)OCC. The lowest BCUT2D eigenvalue weighted by Crippen LogP contribution is -2.38. The van der Waals surface area contributed by atoms with E-state index in [0.717, 1.165) is 0 Å². The molecule has 0 aromatic carbocycles. The van der Waals surface area contributed by atoms with Gasteiger partial charge in [-0.05, 0) is 13.8 Å². The van der Waals surface area contributed by atoms with Gasteiger partial charge in [0, 0.05) is 0 Å². The van der Waals surface area contributed by atoms with E-state index < -0.39 is 18.0 Å². The van der Waals surface area contributed by atoms with Crippen molar-refractivity contribution in [2.24, 2.45) is 0 Å². The second kappa shape index (κ2) is 7.28. The standard InChI is InChI=1S/C8H15NO5/c1-3-13-7(10)5-6(9-12)8(11)14-4-2/h6,9,12H,3-5H2,1-2H3. The molecule has 1 atom stereocenters. The third-order valence-electron chi connectivity index (χ3n) is 1.40. The minimum atomic E-state index is -1.06. The predicted molar refractivity (Wildman–Crippen MR) is 46.6 cm³/mol. The Kier molecular flexibility index (Phi) is 6.69. The van der Waals surface area contributed by atoms with Gasteiger partial charge in [0.1, 0.15) is 6.04 Å². The molecule has 0 aliphatic carbocycles. The molecular formula is C8H15NO5. The monoisotopic (exact) mass is 205 g/mol. The first-order valence-corrected chi connectivity index (χ1v) is 4.37. The summed E-state index contributed by atoms with van der Waals surface area (Å²) in [6.07, 6.45) is -0.247. The Hall–Kier alpha value is -1.14. The lowest BCUT2D eigenvalue weighted by molar-refractivity contribution is -0.155. The zero-order chi connectivity index (χ0) is 11.0. The van der Waals surface area contributed by atoms with Gasteiger partial charge in [-0.2, -0.15) is 5.48 Å². The average Bonchev–Trinajstić information content (AvgIpc) is 2.15. The topological polar surface area (TPSA) is 84.9 Å². The van der Waals surface area contributed by atoms with Gasteiger partial charge in [-0.1, -0.05) is 0 Å². The zero-order valence-corrected chi connectivity index (χ0v) is 8.28. The lowest BCUT2D eigenvalue weighted by Gasteiger charge is -2.12. The molecule has 0 heterocycles. The molecule has 0 fully saturated rings. The van der Waals surface area contributed by atoms with Crippen molar-refractivity contribution in [3.63, 3.8) is 0 Å². The van der Waals surface area contributed by atoms with Crippen LogP contribution in [0, 0.1) is 0 Å². The van der Waals surface area contributed by atoms with Crippen LogP contribution in [0.1, 0.15) is 20.3 Å². The summed E-state index contributed by atoms with van der Waals surface area (Å²) in [6, 6.07) is -1.06. The highest BCUT2D eigenvalue weighted by atomic mass is 16.5. The van der Waals surface area contributed by atoms with Gasteiger partial charge in [-0.3, -0.25) is 9.59 Å². The maximum atomic E-state index is 11.1. The number of hydrogen-bond acceptors (Lipinski definition) is 6. The van der Waals surface area contributed by atoms with E-state index in [1.807, 2.05) is 0 Å². The molecule has 1 unspecified atom stereocenters. The van der Waals surface area contributed by atoms with E-state index in [9.17, 15) is 9.59 Å². The van der Waals surface area contributed by atoms with Crippen LogP contribution in [0.3, 0.4) is 0 Å². The smallest absolute Gasteiger partial charge is 0.326 e. The molecule has 82 valence electrons. The third-order valence-corrected chi connectivity index (χ3v) is 1.40. The van der Waals surface area contributed by atoms with Gasteiger partial charge < -0.3 is 14.7 Å². The van der Waals surface area contributed by atoms with E-state index >= 15 is 0 Å². The fraction of sp³-hybridized carbons (Fsp3) is 0.750. The third kappa shape index (κ3) is 4.78. The van der Waals surface area contributed by atoms with Crippen LogP contribution in [0.4, 0.5) is 0 Å². The summed E-state index contributed by atoms with van der Waals surface area (Å²) in [5.41, 5.74) is 1.70. The number of hydrogen-bond donors (Lipinski definition) is 2. The van der Waals surface area contributed by atoms with Gasteiger partial charge in [-0.25, -0.2) is 0 Å². The summed E-state index contributed by atoms with van der Waals surface area (Å²) < 4.78 is 9.21. The maximum absolute atomic E-state index is 11.1. The normalized spacial score (nSPS) is 11.9. The Balaban J connectivity index is 4.01. The highest BCUT2D eigenvalue weighted by molar-refractivity contribution is 5.82. The highest BCUT2D eigenvalue weighted by Crippen LogP contribution is 1.97. The number of carbonyl (C=O) groups is 2. The van der Waals surface area contributed by atoms with Crippen molar-refractivity contribution in [1.29, 1.82) is 0 Å². The van der Waals surface area contributed by atoms with Crippen LogP contribution in [0.5, 0.6) is 0 Å². The Morgan fingerprint density at radius 2 is 1.86 bits per heavy atom. The summed E-state index contributed by atoms with van der Waals surface area (Å²) in [5.74, 6) is -1.24. The first-order chi connectivity index (χ1) is 6.65. The number of esters is 2. The molecule has 0 spiro atoms. The second-order valence-corrected chi connectivity index (χ2v) is 2.44. The molecule has 0 aliphatic heterocycles. The Bertz CT molecular complexity index is 194. The molecule has 0 bridgehead atoms. The number of nitrogens with one attached hydrogen (secondary N) is 1. The molecule has 0 aliphatic rings. The molecule has 0 saturated carbocycles. The van der Waals surface area contributed by atoms with Crippen LogP contribution in [0.25, 0.3) is 0 Å². The first-order valence-electron chi connectivity index (χ1n) is 4.37. The van der Waals surface area contributed by atoms with E-state index in [4.69, 9.17) is 5.21 Å². The van der Waals surface area contributed by atoms with Gasteiger partial charge in [-0.15, -0.1) is 0 Å². The van der Waals surface area contributed by atoms with Crippen LogP contribution in [0.2, 0.25) is 0 Å². The van der Waals surface area contributed by atoms with Crippen molar-refractivity contribution in [2.75, 3.05) is 13.2 Å². The molecule has 2 N–H and O–H groups in total. The Morgan fingerprint density at radius 1 is 1.29 bits per heavy atom. The molecular weight excluding hydrogens is 190 g/mol. The predicted octanol–water partition coefficient (Wildman–Crippen LogP) is -0.150. The molecule has 6 heteroatoms. The fourth-order valence-corrected chi connectivity index (χ4v) is 0.811. The number of hydroxylamine groups is 1. The van der Waals surface area contributed by atoms with Crippen molar-refractivity contribution < 1.29 is 24.3 Å². The largest absolute Gasteiger partial charge is 0.466 e. The first kappa shape index (κ1) is 12.9. The van der Waals surface area contributed by atoms with E-state index in [-0.39, 0.29) is 19.6 Å². The van der Waals surface area contributed by atoms with Crippen molar-refractivity contribution in [1.82, 2.24) is 5.48 Å². The Labute approximate surface area is 82.1 Å². The summed E-state index contributed by atoms with van der Waals surface area (Å²) in [5, 5.41) is 8.58. The maximum Gasteiger partial charge on any atom is 0.326 e. The minimum absolute atomic E-state index is 0.194. The summed E-state index contributed by atoms with van der Waals surface area (Å²) in [4.78, 5) is 22.0. The lowest BCUT2D eigenvalue weighted by atomic mass is 10.2. The fourth-order valence-electron chi connectivity index (χ4n) is 0.811. The van der Waals surface area contributed by atoms with Crippen molar-refractivity contribution in [2.45, 2.75) is 26.3 Å². The zero-order valence-electron chi connectivity index (χ0n) is 8.28. The molecule has 0 saturated heterocycles. The molecule has 0 aromatic heterocycles. The van der Waals surface area contributed by atoms with Gasteiger partial charge in [0.25, 0.3) is 0 Å². The molecule has 0 amide bonds. The van der Waals surface area contributed by atoms with Gasteiger partial charge in [0.2, 0.25) is 0 Å². The quantitative estimate of drug-likeness (QED) is 0.463. The number of ether oxygens (including phenoxy) is 2. The van der Waals surface area contributed by atoms with Crippen LogP contribution in [0.15, 0.2) is 0 Å². The highest BCUT2D eigenvalue weighted by Gasteiger charge is 2.22. The van der Waals surface area contributed by atoms with E-state index in [0.29, 0.717) is 0 Å². The molecule has 0 rings (SSSR count). The van der Waals surface area contributed by atoms with Crippen molar-refractivity contribution in [3.8, 4) is 0 Å². The second-order valence-electron chi connectivity index (χ2n) is 2.44. The molecule has 0 aromatic rings. The average molecular weight is 205 g/mol. The number of rotatable bonds is 6. The van der Waals surface area contributed by atoms with Gasteiger partial charge in [0.15, 0.2) is 0 Å². The summed E-state index contributed by atoms with van der Waals surface area (Å²) in [6.45, 7) is 3.72. The summed E-state index contributed by atoms with van der Waals surface area (Å²) in [7, 11) is 0. The van der Waals surface area contributed by atoms with Crippen molar-refractivity contribution >= 4 is 11.9 Å². The summed E-state index contributed by atoms with van der Waals surface area (Å²) >= 11 is 0. The van der Waals surface area contributed by atoms with Gasteiger partial charge in [0.05, 0.1) is 19.6 Å². The minimum Gasteiger partial charge on any atom is -0.466 e. The molecule has 14 heavy (non-hydrogen) atoms. The molecule has 0 radical (unpaired) electrons. The van der Waals surface area contributed by atoms with Crippen LogP contribution < -0.4 is 5.48 Å². The molecule has 6 nitrogen and oxygen atoms in total. The number of carbonyl (C=O) groups excluding carboxylic acids is 2. The Morgan fingerprint density at radius 3 is 2.29 bits per heavy atom. The van der Waals surface area contributed by atoms with Gasteiger partial charge >= 0.3 is 11.9 Å².